The minimum atomic E-state index is -0.299. The second kappa shape index (κ2) is 7.59. The number of carbonyl (C=O) groups is 2. The number of aryl methyl sites for hydroxylation is 1. The fraction of sp³-hybridized carbons (Fsp3) is 0.438. The zero-order valence-corrected chi connectivity index (χ0v) is 13.0. The van der Waals surface area contributed by atoms with Crippen LogP contribution in [-0.2, 0) is 20.9 Å². The Morgan fingerprint density at radius 2 is 2.05 bits per heavy atom. The van der Waals surface area contributed by atoms with Crippen molar-refractivity contribution < 1.29 is 14.3 Å². The number of carbonyl (C=O) groups excluding carboxylic acids is 2. The molecular weight excluding hydrogens is 282 g/mol. The third kappa shape index (κ3) is 3.84. The van der Waals surface area contributed by atoms with Gasteiger partial charge < -0.3 is 14.2 Å². The largest absolute Gasteiger partial charge is 0.469 e. The van der Waals surface area contributed by atoms with Gasteiger partial charge in [-0.3, -0.25) is 9.59 Å². The van der Waals surface area contributed by atoms with E-state index in [-0.39, 0.29) is 18.3 Å². The number of imidazole rings is 1. The van der Waals surface area contributed by atoms with Crippen molar-refractivity contribution in [3.05, 3.63) is 30.6 Å². The summed E-state index contributed by atoms with van der Waals surface area (Å²) in [4.78, 5) is 29.4. The highest BCUT2D eigenvalue weighted by Gasteiger charge is 2.14. The molecule has 0 spiro atoms. The number of esters is 1. The number of methoxy groups -OCH3 is 1. The molecule has 1 aromatic heterocycles. The highest BCUT2D eigenvalue weighted by molar-refractivity contribution is 5.78. The number of fused-ring (bicyclic) bond motifs is 1. The minimum absolute atomic E-state index is 0.0317. The van der Waals surface area contributed by atoms with E-state index in [9.17, 15) is 9.59 Å². The lowest BCUT2D eigenvalue weighted by molar-refractivity contribution is -0.141. The lowest BCUT2D eigenvalue weighted by Crippen LogP contribution is -2.33. The quantitative estimate of drug-likeness (QED) is 0.732. The summed E-state index contributed by atoms with van der Waals surface area (Å²) in [6, 6.07) is 7.83. The Morgan fingerprint density at radius 1 is 1.27 bits per heavy atom. The molecule has 0 radical (unpaired) electrons. The van der Waals surface area contributed by atoms with Gasteiger partial charge in [-0.05, 0) is 19.1 Å². The van der Waals surface area contributed by atoms with Gasteiger partial charge in [0.05, 0.1) is 30.9 Å². The molecule has 0 aliphatic rings. The molecule has 0 saturated heterocycles. The third-order valence-electron chi connectivity index (χ3n) is 3.64. The SMILES string of the molecule is CCN(CCC(=O)OC)C(=O)CCn1cnc2ccccc21. The van der Waals surface area contributed by atoms with Crippen LogP contribution in [0.2, 0.25) is 0 Å². The first-order valence-corrected chi connectivity index (χ1v) is 7.40. The van der Waals surface area contributed by atoms with Crippen molar-refractivity contribution in [3.8, 4) is 0 Å². The minimum Gasteiger partial charge on any atom is -0.469 e. The van der Waals surface area contributed by atoms with Gasteiger partial charge in [0.1, 0.15) is 0 Å². The summed E-state index contributed by atoms with van der Waals surface area (Å²) < 4.78 is 6.58. The number of amides is 1. The maximum atomic E-state index is 12.2. The van der Waals surface area contributed by atoms with Crippen LogP contribution in [0, 0.1) is 0 Å². The van der Waals surface area contributed by atoms with Crippen LogP contribution in [0.25, 0.3) is 11.0 Å². The Hall–Kier alpha value is -2.37. The molecule has 118 valence electrons. The summed E-state index contributed by atoms with van der Waals surface area (Å²) in [5, 5.41) is 0. The van der Waals surface area contributed by atoms with Crippen molar-refractivity contribution in [2.24, 2.45) is 0 Å². The molecule has 6 heteroatoms. The second-order valence-electron chi connectivity index (χ2n) is 4.98. The Balaban J connectivity index is 1.92. The molecule has 1 heterocycles. The van der Waals surface area contributed by atoms with E-state index in [1.165, 1.54) is 7.11 Å². The van der Waals surface area contributed by atoms with Crippen LogP contribution >= 0.6 is 0 Å². The van der Waals surface area contributed by atoms with Crippen LogP contribution in [0.5, 0.6) is 0 Å². The first-order valence-electron chi connectivity index (χ1n) is 7.40. The van der Waals surface area contributed by atoms with Crippen LogP contribution in [-0.4, -0.2) is 46.5 Å². The topological polar surface area (TPSA) is 64.4 Å². The van der Waals surface area contributed by atoms with Gasteiger partial charge in [-0.1, -0.05) is 12.1 Å². The molecule has 0 N–H and O–H groups in total. The molecule has 0 unspecified atom stereocenters. The van der Waals surface area contributed by atoms with Crippen LogP contribution in [0.4, 0.5) is 0 Å². The predicted molar refractivity (Wildman–Crippen MR) is 83.2 cm³/mol. The highest BCUT2D eigenvalue weighted by Crippen LogP contribution is 2.12. The van der Waals surface area contributed by atoms with Gasteiger partial charge in [0.15, 0.2) is 0 Å². The van der Waals surface area contributed by atoms with Crippen molar-refractivity contribution in [1.82, 2.24) is 14.5 Å². The van der Waals surface area contributed by atoms with E-state index in [1.54, 1.807) is 11.2 Å². The summed E-state index contributed by atoms with van der Waals surface area (Å²) in [5.41, 5.74) is 1.95. The van der Waals surface area contributed by atoms with E-state index in [0.29, 0.717) is 26.1 Å². The summed E-state index contributed by atoms with van der Waals surface area (Å²) in [5.74, 6) is -0.268. The maximum Gasteiger partial charge on any atom is 0.307 e. The van der Waals surface area contributed by atoms with Crippen molar-refractivity contribution in [2.75, 3.05) is 20.2 Å². The van der Waals surface area contributed by atoms with Crippen molar-refractivity contribution in [3.63, 3.8) is 0 Å². The van der Waals surface area contributed by atoms with E-state index >= 15 is 0 Å². The number of nitrogens with zero attached hydrogens (tertiary/aromatic N) is 3. The monoisotopic (exact) mass is 303 g/mol. The van der Waals surface area contributed by atoms with Gasteiger partial charge >= 0.3 is 5.97 Å². The van der Waals surface area contributed by atoms with Crippen molar-refractivity contribution >= 4 is 22.9 Å². The Labute approximate surface area is 129 Å². The number of rotatable bonds is 7. The number of hydrogen-bond donors (Lipinski definition) is 0. The highest BCUT2D eigenvalue weighted by atomic mass is 16.5. The van der Waals surface area contributed by atoms with Gasteiger partial charge in [-0.25, -0.2) is 4.98 Å². The maximum absolute atomic E-state index is 12.2. The van der Waals surface area contributed by atoms with Crippen LogP contribution < -0.4 is 0 Å². The third-order valence-corrected chi connectivity index (χ3v) is 3.64. The van der Waals surface area contributed by atoms with E-state index < -0.39 is 0 Å². The Kier molecular flexibility index (Phi) is 5.52. The zero-order valence-electron chi connectivity index (χ0n) is 13.0. The van der Waals surface area contributed by atoms with Gasteiger partial charge in [0.25, 0.3) is 0 Å². The smallest absolute Gasteiger partial charge is 0.307 e. The first-order chi connectivity index (χ1) is 10.7. The lowest BCUT2D eigenvalue weighted by Gasteiger charge is -2.20. The van der Waals surface area contributed by atoms with E-state index in [4.69, 9.17) is 0 Å². The molecule has 2 rings (SSSR count). The molecule has 6 nitrogen and oxygen atoms in total. The molecule has 1 aromatic carbocycles. The van der Waals surface area contributed by atoms with Gasteiger partial charge in [0.2, 0.25) is 5.91 Å². The van der Waals surface area contributed by atoms with Crippen LogP contribution in [0.3, 0.4) is 0 Å². The summed E-state index contributed by atoms with van der Waals surface area (Å²) in [6.45, 7) is 3.46. The summed E-state index contributed by atoms with van der Waals surface area (Å²) in [6.07, 6.45) is 2.36. The number of benzene rings is 1. The normalized spacial score (nSPS) is 10.6. The summed E-state index contributed by atoms with van der Waals surface area (Å²) in [7, 11) is 1.35. The van der Waals surface area contributed by atoms with E-state index in [2.05, 4.69) is 9.72 Å². The van der Waals surface area contributed by atoms with E-state index in [1.807, 2.05) is 35.8 Å². The number of para-hydroxylation sites is 2. The molecule has 22 heavy (non-hydrogen) atoms. The molecule has 2 aromatic rings. The predicted octanol–water partition coefficient (Wildman–Crippen LogP) is 1.84. The standard InChI is InChI=1S/C16H21N3O3/c1-3-18(11-9-16(21)22-2)15(20)8-10-19-12-17-13-6-4-5-7-14(13)19/h4-7,12H,3,8-11H2,1-2H3. The fourth-order valence-electron chi connectivity index (χ4n) is 2.35. The summed E-state index contributed by atoms with van der Waals surface area (Å²) >= 11 is 0. The number of aromatic nitrogens is 2. The van der Waals surface area contributed by atoms with Gasteiger partial charge in [-0.15, -0.1) is 0 Å². The van der Waals surface area contributed by atoms with E-state index in [0.717, 1.165) is 11.0 Å². The molecule has 0 bridgehead atoms. The molecular formula is C16H21N3O3. The average molecular weight is 303 g/mol. The van der Waals surface area contributed by atoms with Crippen LogP contribution in [0.1, 0.15) is 19.8 Å². The van der Waals surface area contributed by atoms with Gasteiger partial charge in [0, 0.05) is 26.1 Å². The van der Waals surface area contributed by atoms with Gasteiger partial charge in [-0.2, -0.15) is 0 Å². The molecule has 0 aliphatic carbocycles. The Bertz CT molecular complexity index is 651. The second-order valence-corrected chi connectivity index (χ2v) is 4.98. The lowest BCUT2D eigenvalue weighted by atomic mass is 10.3. The molecule has 1 amide bonds. The van der Waals surface area contributed by atoms with Crippen LogP contribution in [0.15, 0.2) is 30.6 Å². The molecule has 0 fully saturated rings. The van der Waals surface area contributed by atoms with Crippen molar-refractivity contribution in [1.29, 1.82) is 0 Å². The molecule has 0 aliphatic heterocycles. The number of ether oxygens (including phenoxy) is 1. The first kappa shape index (κ1) is 16.0. The van der Waals surface area contributed by atoms with Crippen molar-refractivity contribution in [2.45, 2.75) is 26.3 Å². The molecule has 0 saturated carbocycles. The average Bonchev–Trinajstić information content (AvgIpc) is 2.96. The zero-order chi connectivity index (χ0) is 15.9. The fourth-order valence-corrected chi connectivity index (χ4v) is 2.35. The Morgan fingerprint density at radius 3 is 2.77 bits per heavy atom. The molecule has 0 atom stereocenters. The number of hydrogen-bond acceptors (Lipinski definition) is 4.